The van der Waals surface area contributed by atoms with Crippen LogP contribution in [0, 0.1) is 0 Å². The maximum Gasteiger partial charge on any atom is 0.414 e. The number of hydrogen-bond acceptors (Lipinski definition) is 4. The van der Waals surface area contributed by atoms with E-state index in [0.29, 0.717) is 6.61 Å². The Labute approximate surface area is 217 Å². The molecule has 0 heterocycles. The first kappa shape index (κ1) is 27.2. The highest BCUT2D eigenvalue weighted by Crippen LogP contribution is 2.17. The largest absolute Gasteiger partial charge is 0.489 e. The zero-order valence-corrected chi connectivity index (χ0v) is 20.6. The minimum absolute atomic E-state index is 0.595. The van der Waals surface area contributed by atoms with Gasteiger partial charge in [0.2, 0.25) is 0 Å². The molecule has 4 aromatic carbocycles. The second-order valence-corrected chi connectivity index (χ2v) is 8.46. The summed E-state index contributed by atoms with van der Waals surface area (Å²) in [5.74, 6) is -2.74. The number of hydrogen-bond donors (Lipinski definition) is 2. The summed E-state index contributed by atoms with van der Waals surface area (Å²) in [6, 6.07) is 40.2. The number of benzene rings is 4. The molecule has 190 valence electrons. The van der Waals surface area contributed by atoms with Crippen LogP contribution in [0.5, 0.6) is 5.75 Å². The molecule has 0 atom stereocenters. The van der Waals surface area contributed by atoms with Crippen LogP contribution in [0.15, 0.2) is 115 Å². The Bertz CT molecular complexity index is 1200. The van der Waals surface area contributed by atoms with E-state index in [1.807, 2.05) is 18.2 Å². The molecule has 37 heavy (non-hydrogen) atoms. The fourth-order valence-electron chi connectivity index (χ4n) is 3.68. The predicted molar refractivity (Wildman–Crippen MR) is 143 cm³/mol. The van der Waals surface area contributed by atoms with E-state index in [1.54, 1.807) is 0 Å². The molecule has 0 amide bonds. The van der Waals surface area contributed by atoms with Crippen LogP contribution in [-0.2, 0) is 35.7 Å². The molecular weight excluding hydrogens is 466 g/mol. The quantitative estimate of drug-likeness (QED) is 0.275. The van der Waals surface area contributed by atoms with E-state index >= 15 is 0 Å². The third kappa shape index (κ3) is 10.4. The first-order valence-electron chi connectivity index (χ1n) is 12.0. The zero-order valence-electron chi connectivity index (χ0n) is 20.6. The maximum atomic E-state index is 9.10. The fraction of sp³-hybridized carbons (Fsp3) is 0.161. The maximum absolute atomic E-state index is 9.10. The molecule has 2 N–H and O–H groups in total. The summed E-state index contributed by atoms with van der Waals surface area (Å²) < 4.78 is 5.94. The lowest BCUT2D eigenvalue weighted by Crippen LogP contribution is -2.25. The summed E-state index contributed by atoms with van der Waals surface area (Å²) in [5, 5.41) is 14.8. The van der Waals surface area contributed by atoms with Gasteiger partial charge in [0.1, 0.15) is 12.4 Å². The molecule has 0 saturated carbocycles. The molecule has 0 bridgehead atoms. The average molecular weight is 498 g/mol. The first-order chi connectivity index (χ1) is 18.0. The molecule has 4 rings (SSSR count). The lowest BCUT2D eigenvalue weighted by Gasteiger charge is -2.23. The van der Waals surface area contributed by atoms with Crippen molar-refractivity contribution in [1.82, 2.24) is 4.90 Å². The van der Waals surface area contributed by atoms with Gasteiger partial charge in [-0.1, -0.05) is 103 Å². The first-order valence-corrected chi connectivity index (χ1v) is 12.0. The molecule has 0 radical (unpaired) electrons. The molecule has 0 aliphatic heterocycles. The molecule has 0 aromatic heterocycles. The van der Waals surface area contributed by atoms with Crippen molar-refractivity contribution in [1.29, 1.82) is 0 Å². The van der Waals surface area contributed by atoms with Gasteiger partial charge < -0.3 is 14.9 Å². The van der Waals surface area contributed by atoms with Crippen molar-refractivity contribution < 1.29 is 24.5 Å². The molecule has 6 heteroatoms. The summed E-state index contributed by atoms with van der Waals surface area (Å²) in [4.78, 5) is 20.7. The van der Waals surface area contributed by atoms with Gasteiger partial charge in [0, 0.05) is 19.6 Å². The number of carboxylic acid groups (broad SMARTS) is 2. The van der Waals surface area contributed by atoms with Crippen LogP contribution in [-0.4, -0.2) is 33.6 Å². The monoisotopic (exact) mass is 497 g/mol. The van der Waals surface area contributed by atoms with Gasteiger partial charge in [-0.05, 0) is 40.8 Å². The Morgan fingerprint density at radius 1 is 0.568 bits per heavy atom. The Kier molecular flexibility index (Phi) is 10.9. The number of rotatable bonds is 10. The Morgan fingerprint density at radius 2 is 1.00 bits per heavy atom. The number of nitrogens with zero attached hydrogens (tertiary/aromatic N) is 1. The molecular formula is C31H31NO5. The number of carboxylic acids is 2. The van der Waals surface area contributed by atoms with Crippen molar-refractivity contribution in [3.05, 3.63) is 138 Å². The van der Waals surface area contributed by atoms with Gasteiger partial charge in [-0.2, -0.15) is 0 Å². The zero-order chi connectivity index (χ0) is 26.3. The molecule has 4 aromatic rings. The van der Waals surface area contributed by atoms with E-state index < -0.39 is 11.9 Å². The standard InChI is InChI=1S/C29H29NO.C2H2O4/c1-4-10-25(11-5-1)20-21-30(22-26-12-6-2-7-13-26)23-27-16-18-29(19-17-27)31-24-28-14-8-3-9-15-28;3-1(4)2(5)6/h1-19H,20-24H2;(H,3,4)(H,5,6). The lowest BCUT2D eigenvalue weighted by atomic mass is 10.1. The van der Waals surface area contributed by atoms with Crippen molar-refractivity contribution in [2.75, 3.05) is 6.54 Å². The van der Waals surface area contributed by atoms with Crippen LogP contribution in [0.2, 0.25) is 0 Å². The number of ether oxygens (including phenoxy) is 1. The van der Waals surface area contributed by atoms with Gasteiger partial charge in [0.05, 0.1) is 0 Å². The Hall–Kier alpha value is -4.42. The van der Waals surface area contributed by atoms with E-state index in [1.165, 1.54) is 22.3 Å². The highest BCUT2D eigenvalue weighted by molar-refractivity contribution is 6.27. The number of aliphatic carboxylic acids is 2. The molecule has 0 fully saturated rings. The molecule has 0 aliphatic rings. The van der Waals surface area contributed by atoms with Crippen molar-refractivity contribution in [3.63, 3.8) is 0 Å². The Balaban J connectivity index is 0.000000568. The average Bonchev–Trinajstić information content (AvgIpc) is 2.93. The number of carbonyl (C=O) groups is 2. The predicted octanol–water partition coefficient (Wildman–Crippen LogP) is 5.67. The third-order valence-electron chi connectivity index (χ3n) is 5.57. The molecule has 0 aliphatic carbocycles. The summed E-state index contributed by atoms with van der Waals surface area (Å²) in [6.45, 7) is 3.48. The normalized spacial score (nSPS) is 10.3. The molecule has 0 saturated heterocycles. The highest BCUT2D eigenvalue weighted by Gasteiger charge is 2.08. The minimum Gasteiger partial charge on any atom is -0.489 e. The second kappa shape index (κ2) is 14.9. The van der Waals surface area contributed by atoms with Crippen LogP contribution in [0.4, 0.5) is 0 Å². The van der Waals surface area contributed by atoms with Crippen molar-refractivity contribution in [2.45, 2.75) is 26.1 Å². The van der Waals surface area contributed by atoms with Gasteiger partial charge in [-0.15, -0.1) is 0 Å². The van der Waals surface area contributed by atoms with E-state index in [0.717, 1.165) is 31.8 Å². The molecule has 6 nitrogen and oxygen atoms in total. The topological polar surface area (TPSA) is 87.1 Å². The van der Waals surface area contributed by atoms with Crippen molar-refractivity contribution in [3.8, 4) is 5.75 Å². The highest BCUT2D eigenvalue weighted by atomic mass is 16.5. The fourth-order valence-corrected chi connectivity index (χ4v) is 3.68. The smallest absolute Gasteiger partial charge is 0.414 e. The van der Waals surface area contributed by atoms with Crippen molar-refractivity contribution in [2.24, 2.45) is 0 Å². The third-order valence-corrected chi connectivity index (χ3v) is 5.57. The van der Waals surface area contributed by atoms with Crippen molar-refractivity contribution >= 4 is 11.9 Å². The van der Waals surface area contributed by atoms with Crippen LogP contribution in [0.25, 0.3) is 0 Å². The lowest BCUT2D eigenvalue weighted by molar-refractivity contribution is -0.159. The summed E-state index contributed by atoms with van der Waals surface area (Å²) in [5.41, 5.74) is 5.21. The van der Waals surface area contributed by atoms with Gasteiger partial charge in [-0.25, -0.2) is 9.59 Å². The van der Waals surface area contributed by atoms with Gasteiger partial charge in [0.15, 0.2) is 0 Å². The van der Waals surface area contributed by atoms with E-state index in [-0.39, 0.29) is 0 Å². The van der Waals surface area contributed by atoms with Gasteiger partial charge in [0.25, 0.3) is 0 Å². The van der Waals surface area contributed by atoms with E-state index in [2.05, 4.69) is 102 Å². The van der Waals surface area contributed by atoms with Crippen LogP contribution in [0.3, 0.4) is 0 Å². The molecule has 0 unspecified atom stereocenters. The summed E-state index contributed by atoms with van der Waals surface area (Å²) >= 11 is 0. The van der Waals surface area contributed by atoms with E-state index in [9.17, 15) is 0 Å². The van der Waals surface area contributed by atoms with Crippen LogP contribution in [0.1, 0.15) is 22.3 Å². The Morgan fingerprint density at radius 3 is 1.49 bits per heavy atom. The van der Waals surface area contributed by atoms with E-state index in [4.69, 9.17) is 24.5 Å². The molecule has 0 spiro atoms. The second-order valence-electron chi connectivity index (χ2n) is 8.46. The van der Waals surface area contributed by atoms with Gasteiger partial charge in [-0.3, -0.25) is 4.90 Å². The summed E-state index contributed by atoms with van der Waals surface area (Å²) in [6.07, 6.45) is 1.05. The summed E-state index contributed by atoms with van der Waals surface area (Å²) in [7, 11) is 0. The van der Waals surface area contributed by atoms with Gasteiger partial charge >= 0.3 is 11.9 Å². The minimum atomic E-state index is -1.82. The SMILES string of the molecule is O=C(O)C(=O)O.c1ccc(CCN(Cc2ccccc2)Cc2ccc(OCc3ccccc3)cc2)cc1. The van der Waals surface area contributed by atoms with Crippen LogP contribution < -0.4 is 4.74 Å². The van der Waals surface area contributed by atoms with Crippen LogP contribution >= 0.6 is 0 Å².